The van der Waals surface area contributed by atoms with Crippen LogP contribution in [0.4, 0.5) is 0 Å². The van der Waals surface area contributed by atoms with E-state index in [-0.39, 0.29) is 25.9 Å². The molecule has 19 heavy (non-hydrogen) atoms. The summed E-state index contributed by atoms with van der Waals surface area (Å²) in [6.45, 7) is 10.4. The van der Waals surface area contributed by atoms with E-state index in [9.17, 15) is 0 Å². The molecule has 118 valence electrons. The van der Waals surface area contributed by atoms with Gasteiger partial charge in [-0.2, -0.15) is 0 Å². The first kappa shape index (κ1) is 21.1. The Bertz CT molecular complexity index is 148. The Labute approximate surface area is 118 Å². The lowest BCUT2D eigenvalue weighted by atomic mass is 10.1. The molecule has 4 N–H and O–H groups in total. The van der Waals surface area contributed by atoms with Crippen LogP contribution in [0.25, 0.3) is 0 Å². The van der Waals surface area contributed by atoms with Crippen molar-refractivity contribution in [3.63, 3.8) is 0 Å². The van der Waals surface area contributed by atoms with E-state index in [0.717, 1.165) is 38.9 Å². The summed E-state index contributed by atoms with van der Waals surface area (Å²) in [5.74, 6) is 0. The van der Waals surface area contributed by atoms with Crippen LogP contribution >= 0.6 is 0 Å². The number of aliphatic hydroxyl groups excluding tert-OH is 3. The predicted molar refractivity (Wildman–Crippen MR) is 80.4 cm³/mol. The van der Waals surface area contributed by atoms with Gasteiger partial charge < -0.3 is 25.5 Å². The molecule has 0 spiro atoms. The molecule has 0 aliphatic carbocycles. The molecule has 0 aliphatic heterocycles. The molecular formula is C14H34N2O3. The molecule has 0 aromatic carbocycles. The Balaban J connectivity index is 0. The molecule has 0 bridgehead atoms. The molecule has 0 saturated heterocycles. The summed E-state index contributed by atoms with van der Waals surface area (Å²) < 4.78 is 0. The Morgan fingerprint density at radius 3 is 1.95 bits per heavy atom. The van der Waals surface area contributed by atoms with Crippen molar-refractivity contribution in [1.29, 1.82) is 0 Å². The highest BCUT2D eigenvalue weighted by Crippen LogP contribution is 1.98. The second-order valence-electron chi connectivity index (χ2n) is 4.45. The Hall–Kier alpha value is -0.200. The average molecular weight is 278 g/mol. The quantitative estimate of drug-likeness (QED) is 0.441. The highest BCUT2D eigenvalue weighted by molar-refractivity contribution is 4.64. The lowest BCUT2D eigenvalue weighted by Crippen LogP contribution is -2.34. The van der Waals surface area contributed by atoms with Crippen LogP contribution in [0, 0.1) is 0 Å². The summed E-state index contributed by atoms with van der Waals surface area (Å²) in [5, 5.41) is 28.8. The standard InChI is InChI=1S/C8H19NO2.C6H15NO/c1-2-3-4-8(7-11)9-5-6-10;1-3-7(4-2)5-6-8/h8-11H,2-7H2,1H3;8H,3-6H2,1-2H3. The van der Waals surface area contributed by atoms with Crippen LogP contribution in [-0.2, 0) is 0 Å². The van der Waals surface area contributed by atoms with Gasteiger partial charge in [-0.25, -0.2) is 0 Å². The minimum absolute atomic E-state index is 0.141. The second-order valence-corrected chi connectivity index (χ2v) is 4.45. The van der Waals surface area contributed by atoms with Gasteiger partial charge in [0.2, 0.25) is 0 Å². The first-order valence-electron chi connectivity index (χ1n) is 7.48. The van der Waals surface area contributed by atoms with Crippen LogP contribution in [0.2, 0.25) is 0 Å². The molecule has 0 aromatic rings. The molecule has 0 radical (unpaired) electrons. The van der Waals surface area contributed by atoms with Crippen molar-refractivity contribution in [3.8, 4) is 0 Å². The maximum atomic E-state index is 8.84. The monoisotopic (exact) mass is 278 g/mol. The number of hydrogen-bond acceptors (Lipinski definition) is 5. The number of likely N-dealkylation sites (N-methyl/N-ethyl adjacent to an activating group) is 1. The first-order valence-corrected chi connectivity index (χ1v) is 7.48. The number of unbranched alkanes of at least 4 members (excludes halogenated alkanes) is 1. The van der Waals surface area contributed by atoms with Crippen molar-refractivity contribution >= 4 is 0 Å². The summed E-state index contributed by atoms with van der Waals surface area (Å²) in [4.78, 5) is 2.18. The largest absolute Gasteiger partial charge is 0.395 e. The van der Waals surface area contributed by atoms with Crippen LogP contribution in [0.3, 0.4) is 0 Å². The maximum Gasteiger partial charge on any atom is 0.0584 e. The van der Waals surface area contributed by atoms with Gasteiger partial charge in [0.05, 0.1) is 19.8 Å². The van der Waals surface area contributed by atoms with Crippen LogP contribution in [0.1, 0.15) is 40.0 Å². The number of nitrogens with one attached hydrogen (secondary N) is 1. The van der Waals surface area contributed by atoms with Gasteiger partial charge in [-0.3, -0.25) is 0 Å². The highest BCUT2D eigenvalue weighted by atomic mass is 16.3. The van der Waals surface area contributed by atoms with Crippen molar-refractivity contribution in [2.75, 3.05) is 46.0 Å². The Morgan fingerprint density at radius 1 is 1.00 bits per heavy atom. The number of rotatable bonds is 11. The van der Waals surface area contributed by atoms with Crippen LogP contribution < -0.4 is 5.32 Å². The average Bonchev–Trinajstić information content (AvgIpc) is 2.45. The molecule has 0 aromatic heterocycles. The minimum atomic E-state index is 0.141. The van der Waals surface area contributed by atoms with Crippen LogP contribution in [0.15, 0.2) is 0 Å². The lowest BCUT2D eigenvalue weighted by Gasteiger charge is -2.15. The Kier molecular flexibility index (Phi) is 19.8. The normalized spacial score (nSPS) is 12.2. The fraction of sp³-hybridized carbons (Fsp3) is 1.00. The molecule has 1 atom stereocenters. The van der Waals surface area contributed by atoms with Crippen molar-refractivity contribution < 1.29 is 15.3 Å². The molecule has 0 saturated carbocycles. The predicted octanol–water partition coefficient (Wildman–Crippen LogP) is 0.440. The molecule has 0 amide bonds. The molecule has 5 nitrogen and oxygen atoms in total. The molecule has 1 unspecified atom stereocenters. The third-order valence-corrected chi connectivity index (χ3v) is 2.98. The van der Waals surface area contributed by atoms with E-state index in [1.165, 1.54) is 0 Å². The highest BCUT2D eigenvalue weighted by Gasteiger charge is 2.03. The van der Waals surface area contributed by atoms with Crippen molar-refractivity contribution in [3.05, 3.63) is 0 Å². The van der Waals surface area contributed by atoms with Gasteiger partial charge in [0.25, 0.3) is 0 Å². The van der Waals surface area contributed by atoms with E-state index in [4.69, 9.17) is 15.3 Å². The molecule has 0 rings (SSSR count). The zero-order valence-corrected chi connectivity index (χ0v) is 12.9. The van der Waals surface area contributed by atoms with Gasteiger partial charge >= 0.3 is 0 Å². The summed E-state index contributed by atoms with van der Waals surface area (Å²) in [6.07, 6.45) is 3.27. The molecule has 0 heterocycles. The number of hydrogen-bond donors (Lipinski definition) is 4. The molecular weight excluding hydrogens is 244 g/mol. The summed E-state index contributed by atoms with van der Waals surface area (Å²) in [6, 6.07) is 0.169. The fourth-order valence-corrected chi connectivity index (χ4v) is 1.66. The zero-order chi connectivity index (χ0) is 14.9. The number of nitrogens with zero attached hydrogens (tertiary/aromatic N) is 1. The molecule has 5 heteroatoms. The van der Waals surface area contributed by atoms with E-state index < -0.39 is 0 Å². The van der Waals surface area contributed by atoms with E-state index in [2.05, 4.69) is 31.0 Å². The van der Waals surface area contributed by atoms with E-state index in [0.29, 0.717) is 6.54 Å². The molecule has 0 fully saturated rings. The van der Waals surface area contributed by atoms with Crippen molar-refractivity contribution in [1.82, 2.24) is 10.2 Å². The fourth-order valence-electron chi connectivity index (χ4n) is 1.66. The summed E-state index contributed by atoms with van der Waals surface area (Å²) >= 11 is 0. The van der Waals surface area contributed by atoms with E-state index in [1.807, 2.05) is 0 Å². The minimum Gasteiger partial charge on any atom is -0.395 e. The topological polar surface area (TPSA) is 76.0 Å². The van der Waals surface area contributed by atoms with Gasteiger partial charge in [-0.1, -0.05) is 33.6 Å². The smallest absolute Gasteiger partial charge is 0.0584 e. The van der Waals surface area contributed by atoms with Crippen molar-refractivity contribution in [2.24, 2.45) is 0 Å². The second kappa shape index (κ2) is 17.8. The zero-order valence-electron chi connectivity index (χ0n) is 12.9. The SMILES string of the molecule is CCCCC(CO)NCCO.CCN(CC)CCO. The van der Waals surface area contributed by atoms with Crippen molar-refractivity contribution in [2.45, 2.75) is 46.1 Å². The van der Waals surface area contributed by atoms with Gasteiger partial charge in [0.15, 0.2) is 0 Å². The van der Waals surface area contributed by atoms with Gasteiger partial charge in [-0.05, 0) is 19.5 Å². The third kappa shape index (κ3) is 15.7. The summed E-state index contributed by atoms with van der Waals surface area (Å²) in [7, 11) is 0. The lowest BCUT2D eigenvalue weighted by molar-refractivity contribution is 0.208. The van der Waals surface area contributed by atoms with Gasteiger partial charge in [-0.15, -0.1) is 0 Å². The van der Waals surface area contributed by atoms with Crippen LogP contribution in [-0.4, -0.2) is 72.3 Å². The van der Waals surface area contributed by atoms with Gasteiger partial charge in [0.1, 0.15) is 0 Å². The maximum absolute atomic E-state index is 8.84. The summed E-state index contributed by atoms with van der Waals surface area (Å²) in [5.41, 5.74) is 0. The van der Waals surface area contributed by atoms with E-state index in [1.54, 1.807) is 0 Å². The van der Waals surface area contributed by atoms with E-state index >= 15 is 0 Å². The molecule has 0 aliphatic rings. The van der Waals surface area contributed by atoms with Crippen LogP contribution in [0.5, 0.6) is 0 Å². The third-order valence-electron chi connectivity index (χ3n) is 2.98. The Morgan fingerprint density at radius 2 is 1.63 bits per heavy atom. The number of aliphatic hydroxyl groups is 3. The first-order chi connectivity index (χ1) is 9.19. The van der Waals surface area contributed by atoms with Gasteiger partial charge in [0, 0.05) is 19.1 Å².